The normalized spacial score (nSPS) is 11.6. The maximum absolute atomic E-state index is 5.11. The molecule has 0 aliphatic heterocycles. The molecule has 9 rings (SSSR count). The number of nitrogens with zero attached hydrogens (tertiary/aromatic N) is 5. The molecule has 0 atom stereocenters. The van der Waals surface area contributed by atoms with Crippen LogP contribution in [0.1, 0.15) is 0 Å². The fourth-order valence-electron chi connectivity index (χ4n) is 6.20. The van der Waals surface area contributed by atoms with Crippen LogP contribution in [0.25, 0.3) is 83.2 Å². The Morgan fingerprint density at radius 1 is 0.455 bits per heavy atom. The number of fused-ring (bicyclic) bond motifs is 6. The highest BCUT2D eigenvalue weighted by Gasteiger charge is 2.16. The second-order valence-electron chi connectivity index (χ2n) is 10.8. The Bertz CT molecular complexity index is 2480. The van der Waals surface area contributed by atoms with Gasteiger partial charge in [-0.05, 0) is 53.6 Å². The van der Waals surface area contributed by atoms with Crippen LogP contribution in [0.4, 0.5) is 0 Å². The van der Waals surface area contributed by atoms with E-state index in [0.717, 1.165) is 83.2 Å². The summed E-state index contributed by atoms with van der Waals surface area (Å²) in [6.45, 7) is 0. The van der Waals surface area contributed by atoms with E-state index in [-0.39, 0.29) is 0 Å². The van der Waals surface area contributed by atoms with Gasteiger partial charge in [0.25, 0.3) is 0 Å². The third kappa shape index (κ3) is 3.92. The molecule has 0 N–H and O–H groups in total. The lowest BCUT2D eigenvalue weighted by Gasteiger charge is -2.12. The van der Waals surface area contributed by atoms with Crippen molar-refractivity contribution in [3.63, 3.8) is 0 Å². The van der Waals surface area contributed by atoms with Crippen LogP contribution in [0.3, 0.4) is 0 Å². The van der Waals surface area contributed by atoms with Crippen LogP contribution in [0, 0.1) is 0 Å². The van der Waals surface area contributed by atoms with E-state index in [9.17, 15) is 0 Å². The Kier molecular flexibility index (Phi) is 5.61. The van der Waals surface area contributed by atoms with Crippen molar-refractivity contribution in [3.05, 3.63) is 140 Å². The van der Waals surface area contributed by atoms with Gasteiger partial charge in [0.05, 0.1) is 34.0 Å². The number of rotatable bonds is 4. The van der Waals surface area contributed by atoms with Crippen molar-refractivity contribution in [2.24, 2.45) is 0 Å². The summed E-state index contributed by atoms with van der Waals surface area (Å²) >= 11 is 1.25. The number of imidazole rings is 1. The van der Waals surface area contributed by atoms with Crippen molar-refractivity contribution >= 4 is 55.5 Å². The molecule has 0 saturated heterocycles. The quantitative estimate of drug-likeness (QED) is 0.194. The third-order valence-electron chi connectivity index (χ3n) is 8.30. The third-order valence-corrected chi connectivity index (χ3v) is 8.84. The van der Waals surface area contributed by atoms with Crippen LogP contribution in [0.15, 0.2) is 140 Å². The minimum atomic E-state index is 0.920. The molecule has 0 unspecified atom stereocenters. The number of aromatic nitrogens is 5. The van der Waals surface area contributed by atoms with E-state index in [1.54, 1.807) is 0 Å². The lowest BCUT2D eigenvalue weighted by Crippen LogP contribution is -1.97. The minimum absolute atomic E-state index is 0.920. The molecule has 206 valence electrons. The van der Waals surface area contributed by atoms with Crippen molar-refractivity contribution < 1.29 is 0 Å². The largest absolute Gasteiger partial charge is 0.292 e. The summed E-state index contributed by atoms with van der Waals surface area (Å²) in [7, 11) is 0. The molecule has 0 amide bonds. The molecule has 3 heterocycles. The monoisotopic (exact) mass is 581 g/mol. The van der Waals surface area contributed by atoms with Crippen molar-refractivity contribution in [1.29, 1.82) is 0 Å². The van der Waals surface area contributed by atoms with E-state index in [1.807, 2.05) is 24.3 Å². The van der Waals surface area contributed by atoms with Gasteiger partial charge in [0.1, 0.15) is 16.9 Å². The first-order valence-electron chi connectivity index (χ1n) is 14.5. The molecule has 0 bridgehead atoms. The highest BCUT2D eigenvalue weighted by atomic mass is 32.1. The zero-order valence-electron chi connectivity index (χ0n) is 23.4. The lowest BCUT2D eigenvalue weighted by molar-refractivity contribution is 1.10. The van der Waals surface area contributed by atoms with Gasteiger partial charge < -0.3 is 0 Å². The topological polar surface area (TPSA) is 56.5 Å². The van der Waals surface area contributed by atoms with Crippen LogP contribution in [-0.4, -0.2) is 23.3 Å². The van der Waals surface area contributed by atoms with E-state index >= 15 is 0 Å². The first-order chi connectivity index (χ1) is 21.8. The summed E-state index contributed by atoms with van der Waals surface area (Å²) in [5.41, 5.74) is 11.4. The summed E-state index contributed by atoms with van der Waals surface area (Å²) in [4.78, 5) is 10.1. The Labute approximate surface area is 257 Å². The molecule has 0 aliphatic carbocycles. The van der Waals surface area contributed by atoms with E-state index in [1.165, 1.54) is 11.7 Å². The van der Waals surface area contributed by atoms with Gasteiger partial charge in [-0.3, -0.25) is 4.57 Å². The molecular formula is C38H23N5S. The molecule has 44 heavy (non-hydrogen) atoms. The highest BCUT2D eigenvalue weighted by molar-refractivity contribution is 7.00. The van der Waals surface area contributed by atoms with E-state index in [4.69, 9.17) is 9.97 Å². The van der Waals surface area contributed by atoms with Crippen LogP contribution in [-0.2, 0) is 0 Å². The van der Waals surface area contributed by atoms with Crippen molar-refractivity contribution in [2.75, 3.05) is 0 Å². The molecular weight excluding hydrogens is 559 g/mol. The average molecular weight is 582 g/mol. The summed E-state index contributed by atoms with van der Waals surface area (Å²) in [5.74, 6) is 0.935. The number of hydrogen-bond acceptors (Lipinski definition) is 5. The second-order valence-corrected chi connectivity index (χ2v) is 11.4. The van der Waals surface area contributed by atoms with Crippen molar-refractivity contribution in [3.8, 4) is 39.5 Å². The maximum atomic E-state index is 5.11. The number of hydrogen-bond donors (Lipinski definition) is 0. The first kappa shape index (κ1) is 24.8. The molecule has 6 aromatic carbocycles. The first-order valence-corrected chi connectivity index (χ1v) is 15.2. The van der Waals surface area contributed by atoms with Crippen molar-refractivity contribution in [1.82, 2.24) is 23.3 Å². The Balaban J connectivity index is 1.11. The maximum Gasteiger partial charge on any atom is 0.145 e. The van der Waals surface area contributed by atoms with Gasteiger partial charge in [-0.25, -0.2) is 9.97 Å². The fraction of sp³-hybridized carbons (Fsp3) is 0. The zero-order chi connectivity index (χ0) is 29.0. The SMILES string of the molecule is c1ccc(-c2nc3ccccc3n2-c2ccc(-c3ccc(-c4nc5ccccc5c5c4ccc4nsnc45)cc3)cc2)cc1. The van der Waals surface area contributed by atoms with Gasteiger partial charge in [-0.2, -0.15) is 8.75 Å². The average Bonchev–Trinajstić information content (AvgIpc) is 3.74. The molecule has 0 spiro atoms. The highest BCUT2D eigenvalue weighted by Crippen LogP contribution is 2.37. The van der Waals surface area contributed by atoms with Gasteiger partial charge in [-0.15, -0.1) is 0 Å². The fourth-order valence-corrected chi connectivity index (χ4v) is 6.74. The summed E-state index contributed by atoms with van der Waals surface area (Å²) < 4.78 is 11.4. The summed E-state index contributed by atoms with van der Waals surface area (Å²) in [5, 5.41) is 3.29. The van der Waals surface area contributed by atoms with Crippen molar-refractivity contribution in [2.45, 2.75) is 0 Å². The Morgan fingerprint density at radius 3 is 1.95 bits per heavy atom. The van der Waals surface area contributed by atoms with Gasteiger partial charge in [0, 0.05) is 33.0 Å². The van der Waals surface area contributed by atoms with Gasteiger partial charge >= 0.3 is 0 Å². The van der Waals surface area contributed by atoms with Crippen LogP contribution in [0.5, 0.6) is 0 Å². The van der Waals surface area contributed by atoms with Crippen LogP contribution < -0.4 is 0 Å². The smallest absolute Gasteiger partial charge is 0.145 e. The predicted octanol–water partition coefficient (Wildman–Crippen LogP) is 9.73. The van der Waals surface area contributed by atoms with Crippen LogP contribution in [0.2, 0.25) is 0 Å². The summed E-state index contributed by atoms with van der Waals surface area (Å²) in [6.07, 6.45) is 0. The lowest BCUT2D eigenvalue weighted by atomic mass is 9.97. The zero-order valence-corrected chi connectivity index (χ0v) is 24.2. The molecule has 0 fully saturated rings. The minimum Gasteiger partial charge on any atom is -0.292 e. The Hall–Kier alpha value is -5.72. The second kappa shape index (κ2) is 9.93. The molecule has 0 aliphatic rings. The van der Waals surface area contributed by atoms with E-state index in [2.05, 4.69) is 129 Å². The predicted molar refractivity (Wildman–Crippen MR) is 181 cm³/mol. The molecule has 0 saturated carbocycles. The number of benzene rings is 6. The summed E-state index contributed by atoms with van der Waals surface area (Å²) in [6, 6.07) is 48.5. The standard InChI is InChI=1S/C38H23N5S/c1-2-8-27(9-3-1)38-40-32-12-6-7-13-34(32)43(38)28-20-18-25(19-21-28)24-14-16-26(17-15-24)36-30-22-23-33-37(42-44-41-33)35(30)29-10-4-5-11-31(29)39-36/h1-23H. The van der Waals surface area contributed by atoms with E-state index < -0.39 is 0 Å². The van der Waals surface area contributed by atoms with Gasteiger partial charge in [-0.1, -0.05) is 97.1 Å². The van der Waals surface area contributed by atoms with E-state index in [0.29, 0.717) is 0 Å². The molecule has 5 nitrogen and oxygen atoms in total. The molecule has 6 heteroatoms. The van der Waals surface area contributed by atoms with Gasteiger partial charge in [0.15, 0.2) is 0 Å². The molecule has 3 aromatic heterocycles. The molecule has 0 radical (unpaired) electrons. The van der Waals surface area contributed by atoms with Crippen LogP contribution >= 0.6 is 11.7 Å². The Morgan fingerprint density at radius 2 is 1.14 bits per heavy atom. The molecule has 9 aromatic rings. The number of para-hydroxylation sites is 3. The van der Waals surface area contributed by atoms with Gasteiger partial charge in [0.2, 0.25) is 0 Å². The number of pyridine rings is 1.